The number of nitrogens with zero attached hydrogens (tertiary/aromatic N) is 4. The quantitative estimate of drug-likeness (QED) is 0.657. The Bertz CT molecular complexity index is 534. The monoisotopic (exact) mass is 295 g/mol. The average Bonchev–Trinajstić information content (AvgIpc) is 2.82. The third kappa shape index (κ3) is 3.57. The molecular formula is C13H21N5O3. The normalized spacial score (nSPS) is 18.4. The van der Waals surface area contributed by atoms with Crippen molar-refractivity contribution in [1.29, 1.82) is 0 Å². The lowest BCUT2D eigenvalue weighted by Gasteiger charge is -2.30. The molecule has 1 aliphatic heterocycles. The number of amides is 1. The van der Waals surface area contributed by atoms with Crippen LogP contribution in [0.4, 0.5) is 5.69 Å². The van der Waals surface area contributed by atoms with Crippen molar-refractivity contribution >= 4 is 11.6 Å². The van der Waals surface area contributed by atoms with Crippen molar-refractivity contribution in [3.63, 3.8) is 0 Å². The van der Waals surface area contributed by atoms with Gasteiger partial charge in [-0.3, -0.25) is 19.6 Å². The first-order chi connectivity index (χ1) is 9.88. The van der Waals surface area contributed by atoms with Crippen molar-refractivity contribution in [2.45, 2.75) is 38.8 Å². The molecular weight excluding hydrogens is 274 g/mol. The first kappa shape index (κ1) is 15.4. The summed E-state index contributed by atoms with van der Waals surface area (Å²) in [5.41, 5.74) is 0.257. The number of hydrogen-bond acceptors (Lipinski definition) is 5. The van der Waals surface area contributed by atoms with Gasteiger partial charge in [0.15, 0.2) is 0 Å². The number of aryl methyl sites for hydroxylation is 1. The number of nitrogens with one attached hydrogen (secondary N) is 1. The van der Waals surface area contributed by atoms with Crippen LogP contribution in [0.2, 0.25) is 0 Å². The summed E-state index contributed by atoms with van der Waals surface area (Å²) in [4.78, 5) is 24.8. The molecule has 2 heterocycles. The molecule has 8 heteroatoms. The number of nitro groups is 1. The molecule has 0 radical (unpaired) electrons. The summed E-state index contributed by atoms with van der Waals surface area (Å²) >= 11 is 0. The second kappa shape index (κ2) is 6.21. The molecule has 0 saturated carbocycles. The van der Waals surface area contributed by atoms with E-state index in [9.17, 15) is 14.9 Å². The highest BCUT2D eigenvalue weighted by Crippen LogP contribution is 2.18. The second-order valence-electron chi connectivity index (χ2n) is 5.60. The predicted molar refractivity (Wildman–Crippen MR) is 77.0 cm³/mol. The summed E-state index contributed by atoms with van der Waals surface area (Å²) in [6, 6.07) is -0.389. The van der Waals surface area contributed by atoms with Gasteiger partial charge in [0, 0.05) is 6.04 Å². The van der Waals surface area contributed by atoms with Crippen molar-refractivity contribution in [3.05, 3.63) is 22.0 Å². The molecule has 116 valence electrons. The Morgan fingerprint density at radius 1 is 1.52 bits per heavy atom. The molecule has 1 atom stereocenters. The molecule has 0 bridgehead atoms. The number of piperidine rings is 1. The zero-order valence-corrected chi connectivity index (χ0v) is 12.6. The summed E-state index contributed by atoms with van der Waals surface area (Å²) in [7, 11) is 2.06. The van der Waals surface area contributed by atoms with E-state index in [2.05, 4.69) is 22.4 Å². The second-order valence-corrected chi connectivity index (χ2v) is 5.60. The van der Waals surface area contributed by atoms with Gasteiger partial charge in [-0.05, 0) is 46.8 Å². The van der Waals surface area contributed by atoms with E-state index in [0.29, 0.717) is 5.69 Å². The summed E-state index contributed by atoms with van der Waals surface area (Å²) < 4.78 is 1.36. The van der Waals surface area contributed by atoms with Crippen LogP contribution in [0.3, 0.4) is 0 Å². The fourth-order valence-electron chi connectivity index (χ4n) is 2.44. The molecule has 1 aromatic rings. The topological polar surface area (TPSA) is 93.3 Å². The van der Waals surface area contributed by atoms with Crippen LogP contribution in [0.1, 0.15) is 31.5 Å². The van der Waals surface area contributed by atoms with E-state index in [0.717, 1.165) is 25.9 Å². The first-order valence-electron chi connectivity index (χ1n) is 7.07. The molecule has 1 fully saturated rings. The Labute approximate surface area is 123 Å². The van der Waals surface area contributed by atoms with Crippen LogP contribution < -0.4 is 5.32 Å². The number of carbonyl (C=O) groups excluding carboxylic acids is 1. The van der Waals surface area contributed by atoms with Gasteiger partial charge in [0.05, 0.1) is 4.92 Å². The van der Waals surface area contributed by atoms with Gasteiger partial charge in [-0.2, -0.15) is 5.10 Å². The molecule has 21 heavy (non-hydrogen) atoms. The molecule has 0 aliphatic carbocycles. The Balaban J connectivity index is 1.99. The third-order valence-corrected chi connectivity index (χ3v) is 3.93. The molecule has 8 nitrogen and oxygen atoms in total. The summed E-state index contributed by atoms with van der Waals surface area (Å²) in [6.45, 7) is 5.19. The smallest absolute Gasteiger partial charge is 0.309 e. The summed E-state index contributed by atoms with van der Waals surface area (Å²) in [5, 5.41) is 17.9. The SMILES string of the molecule is Cc1nn(C(C)C(=O)NC2CCN(C)CC2)cc1[N+](=O)[O-]. The average molecular weight is 295 g/mol. The Morgan fingerprint density at radius 3 is 2.67 bits per heavy atom. The van der Waals surface area contributed by atoms with Gasteiger partial charge in [0.1, 0.15) is 17.9 Å². The Hall–Kier alpha value is -1.96. The lowest BCUT2D eigenvalue weighted by atomic mass is 10.1. The molecule has 1 N–H and O–H groups in total. The molecule has 0 aromatic carbocycles. The standard InChI is InChI=1S/C13H21N5O3/c1-9-12(18(20)21)8-17(15-9)10(2)13(19)14-11-4-6-16(3)7-5-11/h8,10-11H,4-7H2,1-3H3,(H,14,19). The number of hydrogen-bond donors (Lipinski definition) is 1. The van der Waals surface area contributed by atoms with E-state index in [-0.39, 0.29) is 17.6 Å². The van der Waals surface area contributed by atoms with E-state index < -0.39 is 11.0 Å². The maximum Gasteiger partial charge on any atom is 0.309 e. The Morgan fingerprint density at radius 2 is 2.14 bits per heavy atom. The van der Waals surface area contributed by atoms with Gasteiger partial charge in [0.2, 0.25) is 5.91 Å². The van der Waals surface area contributed by atoms with E-state index in [1.165, 1.54) is 10.9 Å². The molecule has 2 rings (SSSR count). The molecule has 1 saturated heterocycles. The largest absolute Gasteiger partial charge is 0.351 e. The van der Waals surface area contributed by atoms with Gasteiger partial charge in [0.25, 0.3) is 0 Å². The van der Waals surface area contributed by atoms with Crippen LogP contribution in [0, 0.1) is 17.0 Å². The van der Waals surface area contributed by atoms with Crippen molar-refractivity contribution < 1.29 is 9.72 Å². The van der Waals surface area contributed by atoms with E-state index in [1.807, 2.05) is 0 Å². The van der Waals surface area contributed by atoms with Crippen molar-refractivity contribution in [3.8, 4) is 0 Å². The molecule has 1 aromatic heterocycles. The van der Waals surface area contributed by atoms with Crippen LogP contribution in [-0.2, 0) is 4.79 Å². The summed E-state index contributed by atoms with van der Waals surface area (Å²) in [5.74, 6) is -0.151. The fourth-order valence-corrected chi connectivity index (χ4v) is 2.44. The van der Waals surface area contributed by atoms with Gasteiger partial charge < -0.3 is 10.2 Å². The van der Waals surface area contributed by atoms with Crippen LogP contribution in [0.5, 0.6) is 0 Å². The number of likely N-dealkylation sites (tertiary alicyclic amines) is 1. The summed E-state index contributed by atoms with van der Waals surface area (Å²) in [6.07, 6.45) is 3.16. The maximum atomic E-state index is 12.2. The van der Waals surface area contributed by atoms with Crippen molar-refractivity contribution in [2.24, 2.45) is 0 Å². The van der Waals surface area contributed by atoms with Gasteiger partial charge in [-0.25, -0.2) is 0 Å². The number of carbonyl (C=O) groups is 1. The van der Waals surface area contributed by atoms with Gasteiger partial charge in [-0.15, -0.1) is 0 Å². The van der Waals surface area contributed by atoms with Crippen molar-refractivity contribution in [2.75, 3.05) is 20.1 Å². The Kier molecular flexibility index (Phi) is 4.56. The maximum absolute atomic E-state index is 12.2. The lowest BCUT2D eigenvalue weighted by Crippen LogP contribution is -2.45. The lowest BCUT2D eigenvalue weighted by molar-refractivity contribution is -0.385. The highest BCUT2D eigenvalue weighted by atomic mass is 16.6. The number of rotatable bonds is 4. The molecule has 1 aliphatic rings. The van der Waals surface area contributed by atoms with Crippen LogP contribution in [-0.4, -0.2) is 51.7 Å². The highest BCUT2D eigenvalue weighted by molar-refractivity contribution is 5.80. The van der Waals surface area contributed by atoms with Crippen LogP contribution in [0.25, 0.3) is 0 Å². The van der Waals surface area contributed by atoms with Crippen molar-refractivity contribution in [1.82, 2.24) is 20.0 Å². The minimum atomic E-state index is -0.558. The minimum absolute atomic E-state index is 0.0612. The first-order valence-corrected chi connectivity index (χ1v) is 7.07. The molecule has 1 amide bonds. The van der Waals surface area contributed by atoms with E-state index in [4.69, 9.17) is 0 Å². The predicted octanol–water partition coefficient (Wildman–Crippen LogP) is 0.871. The van der Waals surface area contributed by atoms with Gasteiger partial charge >= 0.3 is 5.69 Å². The highest BCUT2D eigenvalue weighted by Gasteiger charge is 2.25. The minimum Gasteiger partial charge on any atom is -0.351 e. The van der Waals surface area contributed by atoms with E-state index in [1.54, 1.807) is 13.8 Å². The molecule has 1 unspecified atom stereocenters. The zero-order chi connectivity index (χ0) is 15.6. The number of aromatic nitrogens is 2. The fraction of sp³-hybridized carbons (Fsp3) is 0.692. The van der Waals surface area contributed by atoms with Crippen LogP contribution in [0.15, 0.2) is 6.20 Å². The van der Waals surface area contributed by atoms with E-state index >= 15 is 0 Å². The van der Waals surface area contributed by atoms with Gasteiger partial charge in [-0.1, -0.05) is 0 Å². The zero-order valence-electron chi connectivity index (χ0n) is 12.6. The molecule has 0 spiro atoms. The third-order valence-electron chi connectivity index (χ3n) is 3.93. The van der Waals surface area contributed by atoms with Crippen LogP contribution >= 0.6 is 0 Å².